The van der Waals surface area contributed by atoms with Crippen LogP contribution < -0.4 is 15.8 Å². The molecule has 0 aliphatic heterocycles. The van der Waals surface area contributed by atoms with Gasteiger partial charge in [0.25, 0.3) is 5.91 Å². The minimum atomic E-state index is -0.307. The standard InChI is InChI=1S/C26H22Cl2N4O2/c1-16(29)30-26(33)19-5-3-17(4-6-19)15-32-25(18-7-10-21(34-2)11-8-18)14-24(31-32)20-9-12-22(27)23(28)13-20/h3-14H,1,15,29H2,2H3,(H,30,33). The van der Waals surface area contributed by atoms with Crippen molar-refractivity contribution in [1.82, 2.24) is 15.1 Å². The second-order valence-corrected chi connectivity index (χ2v) is 8.42. The number of benzene rings is 3. The van der Waals surface area contributed by atoms with Crippen LogP contribution in [0.5, 0.6) is 5.75 Å². The molecule has 0 atom stereocenters. The summed E-state index contributed by atoms with van der Waals surface area (Å²) in [7, 11) is 1.63. The molecule has 1 heterocycles. The number of hydrogen-bond donors (Lipinski definition) is 2. The van der Waals surface area contributed by atoms with Crippen LogP contribution in [0.3, 0.4) is 0 Å². The number of ether oxygens (including phenoxy) is 1. The van der Waals surface area contributed by atoms with Gasteiger partial charge in [-0.05, 0) is 60.2 Å². The third kappa shape index (κ3) is 5.25. The maximum atomic E-state index is 12.1. The quantitative estimate of drug-likeness (QED) is 0.344. The highest BCUT2D eigenvalue weighted by atomic mass is 35.5. The summed E-state index contributed by atoms with van der Waals surface area (Å²) in [5.74, 6) is 0.567. The predicted molar refractivity (Wildman–Crippen MR) is 136 cm³/mol. The van der Waals surface area contributed by atoms with Crippen molar-refractivity contribution in [3.05, 3.63) is 106 Å². The summed E-state index contributed by atoms with van der Waals surface area (Å²) in [6, 6.07) is 22.5. The molecule has 0 aliphatic rings. The van der Waals surface area contributed by atoms with E-state index >= 15 is 0 Å². The minimum Gasteiger partial charge on any atom is -0.497 e. The Balaban J connectivity index is 1.69. The second-order valence-electron chi connectivity index (χ2n) is 7.61. The number of nitrogens with zero attached hydrogens (tertiary/aromatic N) is 2. The van der Waals surface area contributed by atoms with Gasteiger partial charge >= 0.3 is 0 Å². The molecule has 0 saturated heterocycles. The third-order valence-electron chi connectivity index (χ3n) is 5.20. The van der Waals surface area contributed by atoms with Crippen LogP contribution in [0.2, 0.25) is 10.0 Å². The molecular weight excluding hydrogens is 471 g/mol. The Morgan fingerprint density at radius 3 is 2.29 bits per heavy atom. The van der Waals surface area contributed by atoms with Crippen molar-refractivity contribution in [3.8, 4) is 28.3 Å². The maximum Gasteiger partial charge on any atom is 0.256 e. The number of methoxy groups -OCH3 is 1. The fourth-order valence-corrected chi connectivity index (χ4v) is 3.78. The summed E-state index contributed by atoms with van der Waals surface area (Å²) < 4.78 is 7.20. The van der Waals surface area contributed by atoms with Gasteiger partial charge in [0.2, 0.25) is 0 Å². The average molecular weight is 493 g/mol. The van der Waals surface area contributed by atoms with Crippen LogP contribution in [0.4, 0.5) is 0 Å². The Morgan fingerprint density at radius 1 is 1.00 bits per heavy atom. The van der Waals surface area contributed by atoms with E-state index in [9.17, 15) is 4.79 Å². The zero-order valence-electron chi connectivity index (χ0n) is 18.4. The van der Waals surface area contributed by atoms with Crippen molar-refractivity contribution in [2.45, 2.75) is 6.54 Å². The molecule has 1 amide bonds. The largest absolute Gasteiger partial charge is 0.497 e. The lowest BCUT2D eigenvalue weighted by molar-refractivity contribution is 0.0965. The minimum absolute atomic E-state index is 0.101. The first-order chi connectivity index (χ1) is 16.3. The maximum absolute atomic E-state index is 12.1. The van der Waals surface area contributed by atoms with Gasteiger partial charge in [0.15, 0.2) is 0 Å². The Bertz CT molecular complexity index is 1350. The molecule has 1 aromatic heterocycles. The second kappa shape index (κ2) is 10.0. The highest BCUT2D eigenvalue weighted by Gasteiger charge is 2.14. The van der Waals surface area contributed by atoms with Crippen molar-refractivity contribution in [2.24, 2.45) is 5.73 Å². The first kappa shape index (κ1) is 23.4. The molecule has 34 heavy (non-hydrogen) atoms. The molecule has 0 spiro atoms. The Labute approximate surface area is 207 Å². The van der Waals surface area contributed by atoms with Crippen LogP contribution in [0.1, 0.15) is 15.9 Å². The summed E-state index contributed by atoms with van der Waals surface area (Å²) in [6.45, 7) is 3.99. The number of nitrogens with two attached hydrogens (primary N) is 1. The van der Waals surface area contributed by atoms with Crippen LogP contribution in [-0.4, -0.2) is 22.8 Å². The number of carbonyl (C=O) groups is 1. The van der Waals surface area contributed by atoms with E-state index < -0.39 is 0 Å². The topological polar surface area (TPSA) is 82.2 Å². The summed E-state index contributed by atoms with van der Waals surface area (Å²) in [5.41, 5.74) is 10.5. The number of aromatic nitrogens is 2. The van der Waals surface area contributed by atoms with Gasteiger partial charge in [-0.2, -0.15) is 5.10 Å². The van der Waals surface area contributed by atoms with Crippen molar-refractivity contribution < 1.29 is 9.53 Å². The average Bonchev–Trinajstić information content (AvgIpc) is 3.24. The van der Waals surface area contributed by atoms with E-state index in [2.05, 4.69) is 11.9 Å². The number of halogens is 2. The zero-order chi connectivity index (χ0) is 24.2. The lowest BCUT2D eigenvalue weighted by Gasteiger charge is -2.10. The molecule has 3 aromatic carbocycles. The number of amides is 1. The SMILES string of the molecule is C=C(N)NC(=O)c1ccc(Cn2nc(-c3ccc(Cl)c(Cl)c3)cc2-c2ccc(OC)cc2)cc1. The van der Waals surface area contributed by atoms with Gasteiger partial charge in [0, 0.05) is 16.7 Å². The Kier molecular flexibility index (Phi) is 6.91. The summed E-state index contributed by atoms with van der Waals surface area (Å²) in [5, 5.41) is 8.29. The van der Waals surface area contributed by atoms with E-state index in [-0.39, 0.29) is 11.7 Å². The fourth-order valence-electron chi connectivity index (χ4n) is 3.48. The van der Waals surface area contributed by atoms with E-state index in [1.54, 1.807) is 31.4 Å². The fraction of sp³-hybridized carbons (Fsp3) is 0.0769. The predicted octanol–water partition coefficient (Wildman–Crippen LogP) is 5.74. The van der Waals surface area contributed by atoms with E-state index in [1.807, 2.05) is 53.2 Å². The highest BCUT2D eigenvalue weighted by Crippen LogP contribution is 2.31. The molecule has 8 heteroatoms. The number of hydrogen-bond acceptors (Lipinski definition) is 4. The van der Waals surface area contributed by atoms with Gasteiger partial charge in [-0.3, -0.25) is 9.48 Å². The molecule has 4 aromatic rings. The summed E-state index contributed by atoms with van der Waals surface area (Å²) in [6.07, 6.45) is 0. The van der Waals surface area contributed by atoms with Gasteiger partial charge in [-0.25, -0.2) is 0 Å². The zero-order valence-corrected chi connectivity index (χ0v) is 19.9. The highest BCUT2D eigenvalue weighted by molar-refractivity contribution is 6.42. The Hall–Kier alpha value is -3.74. The smallest absolute Gasteiger partial charge is 0.256 e. The Morgan fingerprint density at radius 2 is 1.68 bits per heavy atom. The van der Waals surface area contributed by atoms with Crippen LogP contribution in [-0.2, 0) is 6.54 Å². The number of carbonyl (C=O) groups excluding carboxylic acids is 1. The van der Waals surface area contributed by atoms with E-state index in [1.165, 1.54) is 0 Å². The molecule has 0 bridgehead atoms. The van der Waals surface area contributed by atoms with Crippen LogP contribution in [0, 0.1) is 0 Å². The van der Waals surface area contributed by atoms with Crippen molar-refractivity contribution in [1.29, 1.82) is 0 Å². The molecule has 0 saturated carbocycles. The first-order valence-corrected chi connectivity index (χ1v) is 11.1. The van der Waals surface area contributed by atoms with Gasteiger partial charge in [0.05, 0.1) is 40.9 Å². The monoisotopic (exact) mass is 492 g/mol. The summed E-state index contributed by atoms with van der Waals surface area (Å²) in [4.78, 5) is 12.1. The van der Waals surface area contributed by atoms with Gasteiger partial charge in [-0.15, -0.1) is 0 Å². The molecule has 6 nitrogen and oxygen atoms in total. The molecule has 0 fully saturated rings. The van der Waals surface area contributed by atoms with Gasteiger partial charge < -0.3 is 15.8 Å². The van der Waals surface area contributed by atoms with Crippen molar-refractivity contribution >= 4 is 29.1 Å². The number of rotatable bonds is 7. The molecular formula is C26H22Cl2N4O2. The lowest BCUT2D eigenvalue weighted by Crippen LogP contribution is -2.26. The first-order valence-electron chi connectivity index (χ1n) is 10.4. The van der Waals surface area contributed by atoms with Crippen LogP contribution in [0.25, 0.3) is 22.5 Å². The van der Waals surface area contributed by atoms with Crippen LogP contribution >= 0.6 is 23.2 Å². The molecule has 0 radical (unpaired) electrons. The van der Waals surface area contributed by atoms with Crippen molar-refractivity contribution in [3.63, 3.8) is 0 Å². The van der Waals surface area contributed by atoms with Gasteiger partial charge in [0.1, 0.15) is 5.75 Å². The summed E-state index contributed by atoms with van der Waals surface area (Å²) >= 11 is 12.3. The molecule has 3 N–H and O–H groups in total. The molecule has 0 unspecified atom stereocenters. The van der Waals surface area contributed by atoms with E-state index in [0.717, 1.165) is 33.8 Å². The van der Waals surface area contributed by atoms with E-state index in [4.69, 9.17) is 38.8 Å². The van der Waals surface area contributed by atoms with Crippen LogP contribution in [0.15, 0.2) is 85.2 Å². The number of nitrogens with one attached hydrogen (secondary N) is 1. The normalized spacial score (nSPS) is 10.7. The van der Waals surface area contributed by atoms with Crippen molar-refractivity contribution in [2.75, 3.05) is 7.11 Å². The lowest BCUT2D eigenvalue weighted by atomic mass is 10.1. The molecule has 0 aliphatic carbocycles. The third-order valence-corrected chi connectivity index (χ3v) is 5.94. The molecule has 172 valence electrons. The van der Waals surface area contributed by atoms with Gasteiger partial charge in [-0.1, -0.05) is 48.0 Å². The molecule has 4 rings (SSSR count). The van der Waals surface area contributed by atoms with E-state index in [0.29, 0.717) is 22.2 Å².